The van der Waals surface area contributed by atoms with Crippen LogP contribution in [0.4, 0.5) is 0 Å². The Morgan fingerprint density at radius 2 is 1.89 bits per heavy atom. The summed E-state index contributed by atoms with van der Waals surface area (Å²) in [6.45, 7) is 1.32. The van der Waals surface area contributed by atoms with E-state index in [-0.39, 0.29) is 5.34 Å². The number of alkyl halides is 2. The van der Waals surface area contributed by atoms with E-state index in [4.69, 9.17) is 28.3 Å². The van der Waals surface area contributed by atoms with Crippen LogP contribution in [0.5, 0.6) is 0 Å². The van der Waals surface area contributed by atoms with E-state index >= 15 is 0 Å². The first-order chi connectivity index (χ1) is 4.06. The minimum absolute atomic E-state index is 0.194. The first-order valence-electron chi connectivity index (χ1n) is 2.15. The maximum atomic E-state index is 9.67. The van der Waals surface area contributed by atoms with E-state index in [0.29, 0.717) is 0 Å². The maximum absolute atomic E-state index is 9.67. The van der Waals surface area contributed by atoms with Crippen molar-refractivity contribution < 1.29 is 9.90 Å². The van der Waals surface area contributed by atoms with Gasteiger partial charge in [0.1, 0.15) is 6.10 Å². The molecule has 0 bridgehead atoms. The molecule has 0 aromatic carbocycles. The molecule has 0 radical (unpaired) electrons. The molecule has 0 aliphatic carbocycles. The van der Waals surface area contributed by atoms with Crippen molar-refractivity contribution in [2.45, 2.75) is 13.0 Å². The number of hydrogen-bond acceptors (Lipinski definition) is 2. The zero-order valence-corrected chi connectivity index (χ0v) is 6.49. The van der Waals surface area contributed by atoms with Crippen LogP contribution in [0, 0.1) is 0 Å². The summed E-state index contributed by atoms with van der Waals surface area (Å²) in [4.78, 5) is 9.67. The van der Waals surface area contributed by atoms with Gasteiger partial charge in [0, 0.05) is 0 Å². The van der Waals surface area contributed by atoms with Crippen molar-refractivity contribution in [2.75, 3.05) is 5.34 Å². The van der Waals surface area contributed by atoms with E-state index in [1.807, 2.05) is 0 Å². The topological polar surface area (TPSA) is 63.3 Å². The zero-order valence-electron chi connectivity index (χ0n) is 4.97. The molecule has 0 aliphatic heterocycles. The predicted octanol–water partition coefficient (Wildman–Crippen LogP) is 0.274. The van der Waals surface area contributed by atoms with Gasteiger partial charge in [0.15, 0.2) is 0 Å². The third-order valence-corrected chi connectivity index (χ3v) is 0.412. The van der Waals surface area contributed by atoms with Gasteiger partial charge in [-0.3, -0.25) is 4.79 Å². The molecule has 0 heterocycles. The van der Waals surface area contributed by atoms with Crippen molar-refractivity contribution in [1.29, 1.82) is 0 Å². The van der Waals surface area contributed by atoms with Crippen LogP contribution in [0.25, 0.3) is 0 Å². The van der Waals surface area contributed by atoms with Crippen molar-refractivity contribution in [3.63, 3.8) is 0 Å². The standard InChI is InChI=1S/C3H7NO2.CH2Cl2/c1-2(5)3(4)6;2-1-3/h2,5H,1H3,(H2,4,6);1H2. The number of carbonyl (C=O) groups is 1. The second-order valence-electron chi connectivity index (χ2n) is 1.18. The Morgan fingerprint density at radius 1 is 1.78 bits per heavy atom. The van der Waals surface area contributed by atoms with Crippen LogP contribution < -0.4 is 5.73 Å². The third kappa shape index (κ3) is 18.0. The third-order valence-electron chi connectivity index (χ3n) is 0.412. The number of hydrogen-bond donors (Lipinski definition) is 2. The molecule has 0 rings (SSSR count). The molecule has 56 valence electrons. The molecular weight excluding hydrogens is 165 g/mol. The predicted molar refractivity (Wildman–Crippen MR) is 37.4 cm³/mol. The molecule has 1 amide bonds. The van der Waals surface area contributed by atoms with Crippen LogP contribution >= 0.6 is 23.2 Å². The number of aliphatic hydroxyl groups excluding tert-OH is 1. The Morgan fingerprint density at radius 3 is 1.89 bits per heavy atom. The molecule has 0 aliphatic rings. The fourth-order valence-electron chi connectivity index (χ4n) is 0. The van der Waals surface area contributed by atoms with Gasteiger partial charge in [-0.1, -0.05) is 0 Å². The summed E-state index contributed by atoms with van der Waals surface area (Å²) in [5.41, 5.74) is 4.55. The van der Waals surface area contributed by atoms with Crippen LogP contribution in [0.1, 0.15) is 6.92 Å². The lowest BCUT2D eigenvalue weighted by molar-refractivity contribution is -0.125. The highest BCUT2D eigenvalue weighted by Crippen LogP contribution is 1.73. The van der Waals surface area contributed by atoms with E-state index < -0.39 is 12.0 Å². The molecule has 5 heteroatoms. The lowest BCUT2D eigenvalue weighted by Crippen LogP contribution is -2.24. The van der Waals surface area contributed by atoms with Crippen molar-refractivity contribution in [3.05, 3.63) is 0 Å². The number of primary amides is 1. The van der Waals surface area contributed by atoms with Gasteiger partial charge in [-0.2, -0.15) is 0 Å². The van der Waals surface area contributed by atoms with E-state index in [1.54, 1.807) is 0 Å². The number of rotatable bonds is 1. The number of carbonyl (C=O) groups excluding carboxylic acids is 1. The SMILES string of the molecule is CC(O)C(N)=O.ClCCl. The summed E-state index contributed by atoms with van der Waals surface area (Å²) in [6, 6.07) is 0. The summed E-state index contributed by atoms with van der Waals surface area (Å²) in [5, 5.41) is 8.35. The fraction of sp³-hybridized carbons (Fsp3) is 0.750. The Labute approximate surface area is 63.7 Å². The minimum atomic E-state index is -1.01. The molecule has 1 unspecified atom stereocenters. The molecule has 3 nitrogen and oxygen atoms in total. The smallest absolute Gasteiger partial charge is 0.245 e. The van der Waals surface area contributed by atoms with Gasteiger partial charge < -0.3 is 10.8 Å². The largest absolute Gasteiger partial charge is 0.384 e. The van der Waals surface area contributed by atoms with Crippen LogP contribution in [0.2, 0.25) is 0 Å². The van der Waals surface area contributed by atoms with Crippen molar-refractivity contribution in [1.82, 2.24) is 0 Å². The number of nitrogens with two attached hydrogens (primary N) is 1. The lowest BCUT2D eigenvalue weighted by Gasteiger charge is -1.90. The van der Waals surface area contributed by atoms with Gasteiger partial charge >= 0.3 is 0 Å². The van der Waals surface area contributed by atoms with Gasteiger partial charge in [0.2, 0.25) is 5.91 Å². The monoisotopic (exact) mass is 173 g/mol. The first-order valence-corrected chi connectivity index (χ1v) is 3.22. The molecule has 3 N–H and O–H groups in total. The van der Waals surface area contributed by atoms with Crippen LogP contribution in [0.15, 0.2) is 0 Å². The molecular formula is C4H9Cl2NO2. The van der Waals surface area contributed by atoms with Crippen LogP contribution in [-0.2, 0) is 4.79 Å². The average Bonchev–Trinajstić information content (AvgIpc) is 1.68. The Bertz CT molecular complexity index is 77.0. The average molecular weight is 174 g/mol. The van der Waals surface area contributed by atoms with Crippen molar-refractivity contribution >= 4 is 29.1 Å². The van der Waals surface area contributed by atoms with Crippen LogP contribution in [-0.4, -0.2) is 22.5 Å². The highest BCUT2D eigenvalue weighted by atomic mass is 35.5. The van der Waals surface area contributed by atoms with Gasteiger partial charge in [0.25, 0.3) is 0 Å². The summed E-state index contributed by atoms with van der Waals surface area (Å²) in [5.74, 6) is -0.685. The fourth-order valence-corrected chi connectivity index (χ4v) is 0. The Kier molecular flexibility index (Phi) is 10.5. The number of halogens is 2. The molecule has 0 aromatic rings. The normalized spacial score (nSPS) is 11.1. The zero-order chi connectivity index (χ0) is 7.86. The van der Waals surface area contributed by atoms with E-state index in [9.17, 15) is 4.79 Å². The van der Waals surface area contributed by atoms with E-state index in [0.717, 1.165) is 0 Å². The minimum Gasteiger partial charge on any atom is -0.384 e. The summed E-state index contributed by atoms with van der Waals surface area (Å²) in [6.07, 6.45) is -1.01. The Balaban J connectivity index is 0. The molecule has 0 spiro atoms. The molecule has 0 saturated carbocycles. The summed E-state index contributed by atoms with van der Waals surface area (Å²) >= 11 is 9.53. The van der Waals surface area contributed by atoms with Crippen molar-refractivity contribution in [2.24, 2.45) is 5.73 Å². The maximum Gasteiger partial charge on any atom is 0.245 e. The Hall–Kier alpha value is 0.01000. The number of amides is 1. The van der Waals surface area contributed by atoms with Gasteiger partial charge in [-0.15, -0.1) is 23.2 Å². The quantitative estimate of drug-likeness (QED) is 0.560. The summed E-state index contributed by atoms with van der Waals surface area (Å²) < 4.78 is 0. The van der Waals surface area contributed by atoms with E-state index in [2.05, 4.69) is 5.73 Å². The molecule has 0 saturated heterocycles. The lowest BCUT2D eigenvalue weighted by atomic mass is 10.4. The second kappa shape index (κ2) is 8.01. The van der Waals surface area contributed by atoms with Crippen molar-refractivity contribution in [3.8, 4) is 0 Å². The van der Waals surface area contributed by atoms with E-state index in [1.165, 1.54) is 6.92 Å². The summed E-state index contributed by atoms with van der Waals surface area (Å²) in [7, 11) is 0. The van der Waals surface area contributed by atoms with Gasteiger partial charge in [-0.25, -0.2) is 0 Å². The van der Waals surface area contributed by atoms with Gasteiger partial charge in [0.05, 0.1) is 5.34 Å². The van der Waals surface area contributed by atoms with Gasteiger partial charge in [-0.05, 0) is 6.92 Å². The van der Waals surface area contributed by atoms with Crippen LogP contribution in [0.3, 0.4) is 0 Å². The number of aliphatic hydroxyl groups is 1. The molecule has 0 aromatic heterocycles. The highest BCUT2D eigenvalue weighted by Gasteiger charge is 1.98. The molecule has 0 fully saturated rings. The molecule has 1 atom stereocenters. The first kappa shape index (κ1) is 11.8. The molecule has 9 heavy (non-hydrogen) atoms. The second-order valence-corrected chi connectivity index (χ2v) is 1.99. The highest BCUT2D eigenvalue weighted by molar-refractivity contribution is 6.40.